The van der Waals surface area contributed by atoms with Crippen molar-refractivity contribution < 1.29 is 24.1 Å². The van der Waals surface area contributed by atoms with Gasteiger partial charge < -0.3 is 19.3 Å². The molecule has 0 aromatic heterocycles. The molecule has 0 aliphatic carbocycles. The lowest BCUT2D eigenvalue weighted by molar-refractivity contribution is -0.0114. The Bertz CT molecular complexity index is 437. The van der Waals surface area contributed by atoms with Crippen molar-refractivity contribution in [1.29, 1.82) is 0 Å². The normalized spacial score (nSPS) is 18.9. The molecule has 1 heterocycles. The van der Waals surface area contributed by atoms with Crippen LogP contribution in [0.1, 0.15) is 29.6 Å². The molecule has 1 unspecified atom stereocenters. The summed E-state index contributed by atoms with van der Waals surface area (Å²) >= 11 is 0. The Kier molecular flexibility index (Phi) is 4.63. The zero-order chi connectivity index (χ0) is 13.7. The van der Waals surface area contributed by atoms with Crippen LogP contribution in [0.15, 0.2) is 18.2 Å². The lowest BCUT2D eigenvalue weighted by Gasteiger charge is -2.23. The van der Waals surface area contributed by atoms with E-state index in [-0.39, 0.29) is 11.7 Å². The molecule has 0 amide bonds. The molecular weight excluding hydrogens is 248 g/mol. The Labute approximate surface area is 112 Å². The molecule has 1 fully saturated rings. The first-order valence-corrected chi connectivity index (χ1v) is 6.36. The predicted molar refractivity (Wildman–Crippen MR) is 69.0 cm³/mol. The Morgan fingerprint density at radius 1 is 1.42 bits per heavy atom. The van der Waals surface area contributed by atoms with E-state index in [1.54, 1.807) is 6.07 Å². The fraction of sp³-hybridized carbons (Fsp3) is 0.500. The van der Waals surface area contributed by atoms with Gasteiger partial charge >= 0.3 is 5.97 Å². The Balaban J connectivity index is 2.04. The molecule has 1 N–H and O–H groups in total. The van der Waals surface area contributed by atoms with Gasteiger partial charge in [0, 0.05) is 6.61 Å². The smallest absolute Gasteiger partial charge is 0.335 e. The molecule has 1 aliphatic rings. The van der Waals surface area contributed by atoms with E-state index in [0.29, 0.717) is 18.1 Å². The molecular formula is C14H18O5. The molecule has 1 saturated heterocycles. The van der Waals surface area contributed by atoms with E-state index < -0.39 is 5.97 Å². The SMILES string of the molecule is COc1ccc(C(=O)O)cc1OCC1CCCCO1. The van der Waals surface area contributed by atoms with Crippen molar-refractivity contribution in [2.24, 2.45) is 0 Å². The van der Waals surface area contributed by atoms with Gasteiger partial charge in [-0.25, -0.2) is 4.79 Å². The standard InChI is InChI=1S/C14H18O5/c1-17-12-6-5-10(14(15)16)8-13(12)19-9-11-4-2-3-7-18-11/h5-6,8,11H,2-4,7,9H2,1H3,(H,15,16). The summed E-state index contributed by atoms with van der Waals surface area (Å²) in [4.78, 5) is 10.9. The van der Waals surface area contributed by atoms with Gasteiger partial charge in [0.05, 0.1) is 18.8 Å². The van der Waals surface area contributed by atoms with Gasteiger partial charge in [-0.2, -0.15) is 0 Å². The van der Waals surface area contributed by atoms with Gasteiger partial charge in [-0.1, -0.05) is 0 Å². The maximum absolute atomic E-state index is 10.9. The molecule has 5 heteroatoms. The van der Waals surface area contributed by atoms with Crippen LogP contribution >= 0.6 is 0 Å². The summed E-state index contributed by atoms with van der Waals surface area (Å²) in [6, 6.07) is 4.57. The third kappa shape index (κ3) is 3.61. The molecule has 0 spiro atoms. The predicted octanol–water partition coefficient (Wildman–Crippen LogP) is 2.34. The van der Waals surface area contributed by atoms with Crippen LogP contribution in [0.25, 0.3) is 0 Å². The minimum absolute atomic E-state index is 0.0759. The van der Waals surface area contributed by atoms with Crippen molar-refractivity contribution in [3.63, 3.8) is 0 Å². The monoisotopic (exact) mass is 266 g/mol. The highest BCUT2D eigenvalue weighted by Crippen LogP contribution is 2.28. The lowest BCUT2D eigenvalue weighted by atomic mass is 10.1. The van der Waals surface area contributed by atoms with Crippen molar-refractivity contribution in [1.82, 2.24) is 0 Å². The maximum atomic E-state index is 10.9. The summed E-state index contributed by atoms with van der Waals surface area (Å²) in [5.74, 6) is -0.0150. The number of aromatic carboxylic acids is 1. The van der Waals surface area contributed by atoms with Gasteiger partial charge in [-0.05, 0) is 37.5 Å². The first-order chi connectivity index (χ1) is 9.20. The fourth-order valence-corrected chi connectivity index (χ4v) is 2.04. The second kappa shape index (κ2) is 6.43. The highest BCUT2D eigenvalue weighted by molar-refractivity contribution is 5.88. The molecule has 19 heavy (non-hydrogen) atoms. The molecule has 5 nitrogen and oxygen atoms in total. The largest absolute Gasteiger partial charge is 0.493 e. The summed E-state index contributed by atoms with van der Waals surface area (Å²) in [5, 5.41) is 8.97. The van der Waals surface area contributed by atoms with Crippen LogP contribution in [0.2, 0.25) is 0 Å². The number of carbonyl (C=O) groups is 1. The highest BCUT2D eigenvalue weighted by atomic mass is 16.5. The number of hydrogen-bond acceptors (Lipinski definition) is 4. The third-order valence-corrected chi connectivity index (χ3v) is 3.11. The Morgan fingerprint density at radius 3 is 2.89 bits per heavy atom. The van der Waals surface area contributed by atoms with Crippen molar-refractivity contribution in [2.75, 3.05) is 20.3 Å². The van der Waals surface area contributed by atoms with Crippen LogP contribution in [0.5, 0.6) is 11.5 Å². The summed E-state index contributed by atoms with van der Waals surface area (Å²) in [6.07, 6.45) is 3.28. The van der Waals surface area contributed by atoms with Crippen LogP contribution in [0.4, 0.5) is 0 Å². The summed E-state index contributed by atoms with van der Waals surface area (Å²) in [7, 11) is 1.53. The van der Waals surface area contributed by atoms with Crippen LogP contribution in [-0.2, 0) is 4.74 Å². The third-order valence-electron chi connectivity index (χ3n) is 3.11. The molecule has 0 radical (unpaired) electrons. The lowest BCUT2D eigenvalue weighted by Crippen LogP contribution is -2.25. The zero-order valence-electron chi connectivity index (χ0n) is 10.9. The van der Waals surface area contributed by atoms with E-state index >= 15 is 0 Å². The van der Waals surface area contributed by atoms with Crippen molar-refractivity contribution in [3.8, 4) is 11.5 Å². The molecule has 1 atom stereocenters. The number of carboxylic acids is 1. The first-order valence-electron chi connectivity index (χ1n) is 6.36. The molecule has 104 valence electrons. The van der Waals surface area contributed by atoms with Crippen LogP contribution in [-0.4, -0.2) is 37.5 Å². The van der Waals surface area contributed by atoms with Crippen molar-refractivity contribution >= 4 is 5.97 Å². The molecule has 1 aliphatic heterocycles. The first kappa shape index (κ1) is 13.7. The second-order valence-corrected chi connectivity index (χ2v) is 4.47. The van der Waals surface area contributed by atoms with E-state index in [9.17, 15) is 4.79 Å². The summed E-state index contributed by atoms with van der Waals surface area (Å²) < 4.78 is 16.4. The van der Waals surface area contributed by atoms with E-state index in [1.165, 1.54) is 19.2 Å². The topological polar surface area (TPSA) is 65.0 Å². The highest BCUT2D eigenvalue weighted by Gasteiger charge is 2.16. The molecule has 1 aromatic carbocycles. The van der Waals surface area contributed by atoms with E-state index in [0.717, 1.165) is 25.9 Å². The van der Waals surface area contributed by atoms with Gasteiger partial charge in [0.2, 0.25) is 0 Å². The minimum Gasteiger partial charge on any atom is -0.493 e. The van der Waals surface area contributed by atoms with Gasteiger partial charge in [-0.15, -0.1) is 0 Å². The second-order valence-electron chi connectivity index (χ2n) is 4.47. The van der Waals surface area contributed by atoms with Gasteiger partial charge in [0.1, 0.15) is 6.61 Å². The van der Waals surface area contributed by atoms with E-state index in [4.69, 9.17) is 19.3 Å². The number of hydrogen-bond donors (Lipinski definition) is 1. The van der Waals surface area contributed by atoms with E-state index in [1.807, 2.05) is 0 Å². The van der Waals surface area contributed by atoms with Crippen LogP contribution < -0.4 is 9.47 Å². The number of benzene rings is 1. The van der Waals surface area contributed by atoms with Gasteiger partial charge in [0.25, 0.3) is 0 Å². The molecule has 0 bridgehead atoms. The maximum Gasteiger partial charge on any atom is 0.335 e. The average Bonchev–Trinajstić information content (AvgIpc) is 2.45. The number of rotatable bonds is 5. The fourth-order valence-electron chi connectivity index (χ4n) is 2.04. The number of methoxy groups -OCH3 is 1. The van der Waals surface area contributed by atoms with E-state index in [2.05, 4.69) is 0 Å². The minimum atomic E-state index is -0.985. The van der Waals surface area contributed by atoms with Crippen LogP contribution in [0.3, 0.4) is 0 Å². The summed E-state index contributed by atoms with van der Waals surface area (Å²) in [6.45, 7) is 1.18. The molecule has 1 aromatic rings. The average molecular weight is 266 g/mol. The summed E-state index contributed by atoms with van der Waals surface area (Å²) in [5.41, 5.74) is 0.181. The molecule has 2 rings (SSSR count). The van der Waals surface area contributed by atoms with Gasteiger partial charge in [0.15, 0.2) is 11.5 Å². The number of carboxylic acid groups (broad SMARTS) is 1. The van der Waals surface area contributed by atoms with Crippen molar-refractivity contribution in [3.05, 3.63) is 23.8 Å². The Hall–Kier alpha value is -1.75. The Morgan fingerprint density at radius 2 is 2.26 bits per heavy atom. The van der Waals surface area contributed by atoms with Gasteiger partial charge in [-0.3, -0.25) is 0 Å². The quantitative estimate of drug-likeness (QED) is 0.886. The van der Waals surface area contributed by atoms with Crippen LogP contribution in [0, 0.1) is 0 Å². The molecule has 0 saturated carbocycles. The zero-order valence-corrected chi connectivity index (χ0v) is 10.9. The number of ether oxygens (including phenoxy) is 3. The van der Waals surface area contributed by atoms with Crippen molar-refractivity contribution in [2.45, 2.75) is 25.4 Å².